The van der Waals surface area contributed by atoms with Gasteiger partial charge in [-0.3, -0.25) is 4.79 Å². The Bertz CT molecular complexity index is 845. The fourth-order valence-corrected chi connectivity index (χ4v) is 7.20. The molecule has 0 aromatic heterocycles. The van der Waals surface area contributed by atoms with Crippen molar-refractivity contribution in [3.05, 3.63) is 24.3 Å². The number of piperazine rings is 1. The van der Waals surface area contributed by atoms with E-state index in [2.05, 4.69) is 48.4 Å². The summed E-state index contributed by atoms with van der Waals surface area (Å²) in [5.41, 5.74) is 2.03. The molecule has 33 heavy (non-hydrogen) atoms. The molecule has 6 heteroatoms. The van der Waals surface area contributed by atoms with E-state index in [9.17, 15) is 9.59 Å². The fraction of sp³-hybridized carbons (Fsp3) is 0.704. The zero-order chi connectivity index (χ0) is 23.2. The second kappa shape index (κ2) is 8.52. The summed E-state index contributed by atoms with van der Waals surface area (Å²) in [6.07, 6.45) is 8.22. The average molecular weight is 453 g/mol. The molecule has 4 saturated carbocycles. The molecule has 6 nitrogen and oxygen atoms in total. The standard InChI is InChI=1S/C27H40N4O2/c1-26(2,3)18-24(32)31-10-8-30(9-11-31)23-6-4-22(5-7-23)28-25(33)29-27-15-19-12-20(16-27)14-21(13-19)17-27/h4-7,19-21H,8-18H2,1-3H3,(H2,28,29,33). The van der Waals surface area contributed by atoms with Crippen LogP contribution < -0.4 is 15.5 Å². The van der Waals surface area contributed by atoms with Crippen molar-refractivity contribution in [2.45, 2.75) is 71.3 Å². The highest BCUT2D eigenvalue weighted by atomic mass is 16.2. The summed E-state index contributed by atoms with van der Waals surface area (Å²) >= 11 is 0. The molecule has 4 bridgehead atoms. The molecule has 1 saturated heterocycles. The predicted octanol–water partition coefficient (Wildman–Crippen LogP) is 4.86. The normalized spacial score (nSPS) is 30.9. The van der Waals surface area contributed by atoms with Crippen molar-refractivity contribution >= 4 is 23.3 Å². The minimum absolute atomic E-state index is 0.0268. The highest BCUT2D eigenvalue weighted by Crippen LogP contribution is 2.55. The topological polar surface area (TPSA) is 64.7 Å². The van der Waals surface area contributed by atoms with Crippen LogP contribution in [0, 0.1) is 23.2 Å². The SMILES string of the molecule is CC(C)(C)CC(=O)N1CCN(c2ccc(NC(=O)NC34CC5CC(CC(C5)C3)C4)cc2)CC1. The van der Waals surface area contributed by atoms with Crippen molar-refractivity contribution in [3.8, 4) is 0 Å². The van der Waals surface area contributed by atoms with Crippen LogP contribution in [0.1, 0.15) is 65.7 Å². The molecule has 3 amide bonds. The van der Waals surface area contributed by atoms with Gasteiger partial charge in [0.1, 0.15) is 0 Å². The van der Waals surface area contributed by atoms with Gasteiger partial charge in [-0.2, -0.15) is 0 Å². The molecule has 1 aromatic rings. The summed E-state index contributed by atoms with van der Waals surface area (Å²) in [6.45, 7) is 9.55. The van der Waals surface area contributed by atoms with Gasteiger partial charge >= 0.3 is 6.03 Å². The van der Waals surface area contributed by atoms with Gasteiger partial charge in [0.15, 0.2) is 0 Å². The fourth-order valence-electron chi connectivity index (χ4n) is 7.20. The summed E-state index contributed by atoms with van der Waals surface area (Å²) < 4.78 is 0. The Hall–Kier alpha value is -2.24. The largest absolute Gasteiger partial charge is 0.368 e. The van der Waals surface area contributed by atoms with Crippen LogP contribution >= 0.6 is 0 Å². The minimum Gasteiger partial charge on any atom is -0.368 e. The maximum Gasteiger partial charge on any atom is 0.319 e. The van der Waals surface area contributed by atoms with Crippen LogP contribution in [0.4, 0.5) is 16.2 Å². The van der Waals surface area contributed by atoms with Crippen LogP contribution in [0.2, 0.25) is 0 Å². The van der Waals surface area contributed by atoms with Gasteiger partial charge in [-0.05, 0) is 86.0 Å². The number of nitrogens with zero attached hydrogens (tertiary/aromatic N) is 2. The molecule has 180 valence electrons. The third-order valence-electron chi connectivity index (χ3n) is 8.22. The van der Waals surface area contributed by atoms with Gasteiger partial charge in [0.05, 0.1) is 0 Å². The molecule has 0 spiro atoms. The first kappa shape index (κ1) is 22.5. The van der Waals surface area contributed by atoms with Gasteiger partial charge in [-0.25, -0.2) is 4.79 Å². The highest BCUT2D eigenvalue weighted by molar-refractivity contribution is 5.90. The number of benzene rings is 1. The lowest BCUT2D eigenvalue weighted by Crippen LogP contribution is -2.60. The van der Waals surface area contributed by atoms with Crippen LogP contribution in [-0.4, -0.2) is 48.6 Å². The smallest absolute Gasteiger partial charge is 0.319 e. The molecule has 1 heterocycles. The number of carbonyl (C=O) groups is 2. The molecule has 0 radical (unpaired) electrons. The molecule has 0 unspecified atom stereocenters. The summed E-state index contributed by atoms with van der Waals surface area (Å²) in [6, 6.07) is 8.08. The monoisotopic (exact) mass is 452 g/mol. The van der Waals surface area contributed by atoms with Gasteiger partial charge in [0.2, 0.25) is 5.91 Å². The Morgan fingerprint density at radius 3 is 1.97 bits per heavy atom. The maximum absolute atomic E-state index is 12.8. The number of rotatable bonds is 4. The van der Waals surface area contributed by atoms with Crippen molar-refractivity contribution in [2.75, 3.05) is 36.4 Å². The zero-order valence-electron chi connectivity index (χ0n) is 20.5. The van der Waals surface area contributed by atoms with E-state index >= 15 is 0 Å². The van der Waals surface area contributed by atoms with Crippen LogP contribution in [0.15, 0.2) is 24.3 Å². The number of urea groups is 1. The zero-order valence-corrected chi connectivity index (χ0v) is 20.5. The van der Waals surface area contributed by atoms with Crippen molar-refractivity contribution in [2.24, 2.45) is 23.2 Å². The quantitative estimate of drug-likeness (QED) is 0.686. The Labute approximate surface area is 198 Å². The first-order valence-corrected chi connectivity index (χ1v) is 12.9. The first-order chi connectivity index (χ1) is 15.7. The number of carbonyl (C=O) groups excluding carboxylic acids is 2. The third kappa shape index (κ3) is 5.15. The van der Waals surface area contributed by atoms with Gasteiger partial charge in [-0.15, -0.1) is 0 Å². The molecule has 5 fully saturated rings. The van der Waals surface area contributed by atoms with Gasteiger partial charge < -0.3 is 20.4 Å². The molecule has 1 aliphatic heterocycles. The molecule has 2 N–H and O–H groups in total. The van der Waals surface area contributed by atoms with E-state index < -0.39 is 0 Å². The summed E-state index contributed by atoms with van der Waals surface area (Å²) in [5.74, 6) is 2.71. The average Bonchev–Trinajstić information content (AvgIpc) is 2.72. The number of hydrogen-bond donors (Lipinski definition) is 2. The number of hydrogen-bond acceptors (Lipinski definition) is 3. The summed E-state index contributed by atoms with van der Waals surface area (Å²) in [4.78, 5) is 29.6. The molecule has 6 rings (SSSR count). The van der Waals surface area contributed by atoms with Crippen LogP contribution in [-0.2, 0) is 4.79 Å². The van der Waals surface area contributed by atoms with Crippen molar-refractivity contribution < 1.29 is 9.59 Å². The van der Waals surface area contributed by atoms with Crippen LogP contribution in [0.5, 0.6) is 0 Å². The number of amides is 3. The van der Waals surface area contributed by atoms with E-state index in [1.165, 1.54) is 19.3 Å². The van der Waals surface area contributed by atoms with Crippen molar-refractivity contribution in [1.29, 1.82) is 0 Å². The van der Waals surface area contributed by atoms with E-state index in [0.29, 0.717) is 6.42 Å². The van der Waals surface area contributed by atoms with Crippen LogP contribution in [0.3, 0.4) is 0 Å². The molecule has 5 aliphatic rings. The Morgan fingerprint density at radius 2 is 1.45 bits per heavy atom. The van der Waals surface area contributed by atoms with Gasteiger partial charge in [-0.1, -0.05) is 20.8 Å². The molecule has 0 atom stereocenters. The first-order valence-electron chi connectivity index (χ1n) is 12.9. The lowest BCUT2D eigenvalue weighted by Gasteiger charge is -2.56. The van der Waals surface area contributed by atoms with Gasteiger partial charge in [0, 0.05) is 49.5 Å². The highest BCUT2D eigenvalue weighted by Gasteiger charge is 2.51. The van der Waals surface area contributed by atoms with E-state index in [1.54, 1.807) is 0 Å². The summed E-state index contributed by atoms with van der Waals surface area (Å²) in [7, 11) is 0. The lowest BCUT2D eigenvalue weighted by molar-refractivity contribution is -0.133. The Kier molecular flexibility index (Phi) is 5.82. The van der Waals surface area contributed by atoms with Crippen LogP contribution in [0.25, 0.3) is 0 Å². The molecular weight excluding hydrogens is 412 g/mol. The predicted molar refractivity (Wildman–Crippen MR) is 132 cm³/mol. The van der Waals surface area contributed by atoms with Gasteiger partial charge in [0.25, 0.3) is 0 Å². The summed E-state index contributed by atoms with van der Waals surface area (Å²) in [5, 5.41) is 6.45. The second-order valence-corrected chi connectivity index (χ2v) is 12.4. The van der Waals surface area contributed by atoms with Crippen molar-refractivity contribution in [3.63, 3.8) is 0 Å². The molecular formula is C27H40N4O2. The lowest BCUT2D eigenvalue weighted by atomic mass is 9.53. The third-order valence-corrected chi connectivity index (χ3v) is 8.22. The van der Waals surface area contributed by atoms with E-state index in [-0.39, 0.29) is 22.9 Å². The van der Waals surface area contributed by atoms with E-state index in [0.717, 1.165) is 74.6 Å². The Balaban J connectivity index is 1.12. The molecule has 4 aliphatic carbocycles. The number of anilines is 2. The minimum atomic E-state index is -0.0596. The van der Waals surface area contributed by atoms with E-state index in [1.807, 2.05) is 17.0 Å². The number of nitrogens with one attached hydrogen (secondary N) is 2. The van der Waals surface area contributed by atoms with E-state index in [4.69, 9.17) is 0 Å². The maximum atomic E-state index is 12.8. The second-order valence-electron chi connectivity index (χ2n) is 12.4. The van der Waals surface area contributed by atoms with Crippen molar-refractivity contribution in [1.82, 2.24) is 10.2 Å². The molecule has 1 aromatic carbocycles. The Morgan fingerprint density at radius 1 is 0.909 bits per heavy atom.